The van der Waals surface area contributed by atoms with Crippen LogP contribution in [0, 0.1) is 0 Å². The maximum Gasteiger partial charge on any atom is 0.323 e. The van der Waals surface area contributed by atoms with Crippen molar-refractivity contribution >= 4 is 91.5 Å². The quantitative estimate of drug-likeness (QED) is 0.0696. The highest BCUT2D eigenvalue weighted by Crippen LogP contribution is 2.52. The van der Waals surface area contributed by atoms with E-state index < -0.39 is 24.0 Å². The van der Waals surface area contributed by atoms with Crippen molar-refractivity contribution in [3.8, 4) is 0 Å². The zero-order valence-corrected chi connectivity index (χ0v) is 34.0. The molecule has 2 fully saturated rings. The number of carboxylic acid groups (broad SMARTS) is 2. The van der Waals surface area contributed by atoms with E-state index in [4.69, 9.17) is 17.3 Å². The molecule has 3 aliphatic rings. The smallest absolute Gasteiger partial charge is 0.323 e. The van der Waals surface area contributed by atoms with Gasteiger partial charge in [0, 0.05) is 36.3 Å². The first-order valence-electron chi connectivity index (χ1n) is 19.4. The summed E-state index contributed by atoms with van der Waals surface area (Å²) in [6, 6.07) is 36.2. The Morgan fingerprint density at radius 3 is 2.17 bits per heavy atom. The highest BCUT2D eigenvalue weighted by molar-refractivity contribution is 8.30. The van der Waals surface area contributed by atoms with Crippen molar-refractivity contribution in [3.63, 3.8) is 0 Å². The molecule has 1 aromatic heterocycles. The van der Waals surface area contributed by atoms with Crippen LogP contribution in [-0.4, -0.2) is 54.4 Å². The number of carbonyl (C=O) groups is 3. The van der Waals surface area contributed by atoms with Crippen LogP contribution in [0.3, 0.4) is 0 Å². The molecule has 1 saturated carbocycles. The lowest BCUT2D eigenvalue weighted by molar-refractivity contribution is -0.138. The van der Waals surface area contributed by atoms with Crippen LogP contribution in [-0.2, 0) is 20.9 Å². The standard InChI is InChI=1S/C46H41N3O6S3/c50-40(51)17-8-3-9-24-47-44(55)42(58-46(47)56)45-48(28-41(52)53)43(54)39(57-45)27-30-20-23-38-36(26-30)34-15-10-16-37(34)49(38)33-21-18-29(19-22-33)25-35(31-11-4-1-5-12-31)32-13-6-2-7-14-32/h1-2,4-7,11-14,18-23,25-27,34,37H,3,8-10,15-17,24,28H2,(H,50,51)(H,52,53)/b39-27-,45-42+. The third-order valence-electron chi connectivity index (χ3n) is 11.0. The normalized spacial score (nSPS) is 18.4. The van der Waals surface area contributed by atoms with Crippen molar-refractivity contribution in [1.29, 1.82) is 0 Å². The Kier molecular flexibility index (Phi) is 11.6. The molecular weight excluding hydrogens is 787 g/mol. The topological polar surface area (TPSA) is 120 Å². The number of carbonyl (C=O) groups excluding carboxylic acids is 1. The maximum absolute atomic E-state index is 13.8. The summed E-state index contributed by atoms with van der Waals surface area (Å²) in [4.78, 5) is 54.3. The fourth-order valence-corrected chi connectivity index (χ4v) is 10.9. The highest BCUT2D eigenvalue weighted by atomic mass is 32.2. The number of hydrogen-bond donors (Lipinski definition) is 2. The molecule has 5 aromatic rings. The fourth-order valence-electron chi connectivity index (χ4n) is 8.33. The molecule has 0 bridgehead atoms. The lowest BCUT2D eigenvalue weighted by atomic mass is 9.95. The van der Waals surface area contributed by atoms with Gasteiger partial charge in [0.05, 0.1) is 4.53 Å². The maximum atomic E-state index is 13.8. The minimum absolute atomic E-state index is 0.0580. The summed E-state index contributed by atoms with van der Waals surface area (Å²) in [5.41, 5.74) is 8.47. The van der Waals surface area contributed by atoms with E-state index in [1.165, 1.54) is 10.5 Å². The van der Waals surface area contributed by atoms with Gasteiger partial charge in [0.25, 0.3) is 11.5 Å². The molecule has 8 rings (SSSR count). The zero-order valence-electron chi connectivity index (χ0n) is 31.6. The number of thiocarbonyl (C=S) groups is 1. The molecule has 0 radical (unpaired) electrons. The van der Waals surface area contributed by atoms with Crippen molar-refractivity contribution in [2.75, 3.05) is 11.4 Å². The summed E-state index contributed by atoms with van der Waals surface area (Å²) in [7, 11) is 0. The number of fused-ring (bicyclic) bond motifs is 3. The second-order valence-electron chi connectivity index (χ2n) is 14.7. The minimum atomic E-state index is -1.19. The minimum Gasteiger partial charge on any atom is -0.481 e. The van der Waals surface area contributed by atoms with Gasteiger partial charge in [-0.05, 0) is 95.5 Å². The summed E-state index contributed by atoms with van der Waals surface area (Å²) in [6.07, 6.45) is 9.05. The summed E-state index contributed by atoms with van der Waals surface area (Å²) < 4.78 is 2.09. The van der Waals surface area contributed by atoms with E-state index in [-0.39, 0.29) is 21.9 Å². The Balaban J connectivity index is 1.09. The van der Waals surface area contributed by atoms with Crippen LogP contribution in [0.1, 0.15) is 78.7 Å². The Morgan fingerprint density at radius 1 is 0.810 bits per heavy atom. The molecule has 1 aliphatic carbocycles. The Labute approximate surface area is 349 Å². The van der Waals surface area contributed by atoms with E-state index in [0.717, 1.165) is 86.1 Å². The molecule has 2 atom stereocenters. The average Bonchev–Trinajstić information content (AvgIpc) is 3.97. The number of aliphatic carboxylic acids is 2. The van der Waals surface area contributed by atoms with Crippen molar-refractivity contribution in [3.05, 3.63) is 150 Å². The Morgan fingerprint density at radius 2 is 1.50 bits per heavy atom. The van der Waals surface area contributed by atoms with Gasteiger partial charge in [-0.3, -0.25) is 28.6 Å². The number of unbranched alkanes of at least 4 members (excludes halogenated alkanes) is 2. The van der Waals surface area contributed by atoms with Gasteiger partial charge in [-0.1, -0.05) is 116 Å². The number of thioether (sulfide) groups is 1. The summed E-state index contributed by atoms with van der Waals surface area (Å²) in [6.45, 7) is -0.268. The van der Waals surface area contributed by atoms with Gasteiger partial charge in [-0.2, -0.15) is 0 Å². The second kappa shape index (κ2) is 17.1. The number of rotatable bonds is 13. The van der Waals surface area contributed by atoms with Crippen LogP contribution < -0.4 is 19.7 Å². The fraction of sp³-hybridized carbons (Fsp3) is 0.239. The van der Waals surface area contributed by atoms with Crippen molar-refractivity contribution in [1.82, 2.24) is 9.47 Å². The van der Waals surface area contributed by atoms with Crippen molar-refractivity contribution in [2.45, 2.75) is 63.5 Å². The number of hydrogen-bond acceptors (Lipinski definition) is 8. The van der Waals surface area contributed by atoms with Crippen LogP contribution in [0.25, 0.3) is 22.6 Å². The molecule has 2 N–H and O–H groups in total. The molecule has 2 aliphatic heterocycles. The highest BCUT2D eigenvalue weighted by Gasteiger charge is 2.42. The first-order valence-corrected chi connectivity index (χ1v) is 21.5. The largest absolute Gasteiger partial charge is 0.481 e. The molecule has 58 heavy (non-hydrogen) atoms. The summed E-state index contributed by atoms with van der Waals surface area (Å²) in [5, 5.41) is 18.7. The van der Waals surface area contributed by atoms with Crippen LogP contribution >= 0.6 is 35.3 Å². The molecule has 294 valence electrons. The molecule has 4 aromatic carbocycles. The third-order valence-corrected chi connectivity index (χ3v) is 13.7. The number of thiazole rings is 1. The molecule has 2 unspecified atom stereocenters. The molecule has 12 heteroatoms. The predicted octanol–water partition coefficient (Wildman–Crippen LogP) is 7.81. The Hall–Kier alpha value is -5.56. The molecule has 1 amide bonds. The number of nitrogens with zero attached hydrogens (tertiary/aromatic N) is 3. The lowest BCUT2D eigenvalue weighted by Gasteiger charge is -2.27. The molecule has 1 saturated heterocycles. The van der Waals surface area contributed by atoms with Crippen LogP contribution in [0.5, 0.6) is 0 Å². The van der Waals surface area contributed by atoms with Gasteiger partial charge in [-0.15, -0.1) is 11.3 Å². The van der Waals surface area contributed by atoms with E-state index in [1.807, 2.05) is 18.2 Å². The van der Waals surface area contributed by atoms with E-state index in [2.05, 4.69) is 95.9 Å². The van der Waals surface area contributed by atoms with Crippen LogP contribution in [0.4, 0.5) is 11.4 Å². The van der Waals surface area contributed by atoms with E-state index in [0.29, 0.717) is 46.6 Å². The lowest BCUT2D eigenvalue weighted by Crippen LogP contribution is -2.35. The molecular formula is C46H41N3O6S3. The van der Waals surface area contributed by atoms with Crippen LogP contribution in [0.2, 0.25) is 0 Å². The van der Waals surface area contributed by atoms with Gasteiger partial charge in [0.1, 0.15) is 20.4 Å². The van der Waals surface area contributed by atoms with E-state index in [9.17, 15) is 24.3 Å². The average molecular weight is 828 g/mol. The van der Waals surface area contributed by atoms with E-state index >= 15 is 0 Å². The Bertz CT molecular complexity index is 2580. The number of benzene rings is 4. The summed E-state index contributed by atoms with van der Waals surface area (Å²) >= 11 is 7.68. The first kappa shape index (κ1) is 39.3. The van der Waals surface area contributed by atoms with Gasteiger partial charge < -0.3 is 15.1 Å². The van der Waals surface area contributed by atoms with Gasteiger partial charge in [0.15, 0.2) is 0 Å². The summed E-state index contributed by atoms with van der Waals surface area (Å²) in [5.74, 6) is -2.09. The monoisotopic (exact) mass is 827 g/mol. The predicted molar refractivity (Wildman–Crippen MR) is 236 cm³/mol. The number of anilines is 2. The second-order valence-corrected chi connectivity index (χ2v) is 17.4. The molecule has 3 heterocycles. The van der Waals surface area contributed by atoms with E-state index in [1.54, 1.807) is 6.08 Å². The van der Waals surface area contributed by atoms with Crippen LogP contribution in [0.15, 0.2) is 108 Å². The van der Waals surface area contributed by atoms with Gasteiger partial charge in [-0.25, -0.2) is 0 Å². The van der Waals surface area contributed by atoms with Crippen molar-refractivity contribution in [2.24, 2.45) is 0 Å². The number of amides is 1. The molecule has 0 spiro atoms. The van der Waals surface area contributed by atoms with Crippen molar-refractivity contribution < 1.29 is 24.6 Å². The SMILES string of the molecule is O=C(O)CCCCCN1C(=O)/C(=c2\s/c(=C\c3ccc4c(c3)C3CCCC3N4c3ccc(C=C(c4ccccc4)c4ccccc4)cc3)c(=O)n2CC(=O)O)SC1=S. The third kappa shape index (κ3) is 8.09. The molecule has 9 nitrogen and oxygen atoms in total. The zero-order chi connectivity index (χ0) is 40.3. The number of carboxylic acids is 2. The number of aromatic nitrogens is 1. The van der Waals surface area contributed by atoms with Gasteiger partial charge in [0.2, 0.25) is 0 Å². The first-order chi connectivity index (χ1) is 28.2. The van der Waals surface area contributed by atoms with Gasteiger partial charge >= 0.3 is 11.9 Å².